The Morgan fingerprint density at radius 3 is 2.90 bits per heavy atom. The predicted molar refractivity (Wildman–Crippen MR) is 73.4 cm³/mol. The quantitative estimate of drug-likeness (QED) is 0.868. The van der Waals surface area contributed by atoms with E-state index >= 15 is 0 Å². The molecule has 6 heteroatoms. The SMILES string of the molecule is CCOC(=O)C(O)c1c(Cl)cc2c(c1C)OCCCO2. The number of halogens is 1. The first-order valence-electron chi connectivity index (χ1n) is 6.49. The Hall–Kier alpha value is -1.46. The van der Waals surface area contributed by atoms with Crippen LogP contribution in [0.25, 0.3) is 0 Å². The first kappa shape index (κ1) is 14.9. The molecule has 1 aliphatic heterocycles. The van der Waals surface area contributed by atoms with Crippen LogP contribution in [0.3, 0.4) is 0 Å². The highest BCUT2D eigenvalue weighted by molar-refractivity contribution is 6.32. The topological polar surface area (TPSA) is 65.0 Å². The largest absolute Gasteiger partial charge is 0.489 e. The van der Waals surface area contributed by atoms with Gasteiger partial charge in [-0.05, 0) is 13.8 Å². The number of aliphatic hydroxyl groups is 1. The van der Waals surface area contributed by atoms with Crippen LogP contribution in [0.15, 0.2) is 6.07 Å². The van der Waals surface area contributed by atoms with E-state index in [1.807, 2.05) is 0 Å². The van der Waals surface area contributed by atoms with Crippen LogP contribution >= 0.6 is 11.6 Å². The maximum absolute atomic E-state index is 11.7. The maximum Gasteiger partial charge on any atom is 0.339 e. The molecule has 0 amide bonds. The fraction of sp³-hybridized carbons (Fsp3) is 0.500. The van der Waals surface area contributed by atoms with E-state index in [4.69, 9.17) is 25.8 Å². The zero-order chi connectivity index (χ0) is 14.7. The van der Waals surface area contributed by atoms with Crippen LogP contribution in [0.2, 0.25) is 5.02 Å². The maximum atomic E-state index is 11.7. The van der Waals surface area contributed by atoms with Gasteiger partial charge in [0.1, 0.15) is 0 Å². The molecule has 5 nitrogen and oxygen atoms in total. The summed E-state index contributed by atoms with van der Waals surface area (Å²) in [5.41, 5.74) is 0.893. The van der Waals surface area contributed by atoms with Gasteiger partial charge in [0.15, 0.2) is 17.6 Å². The summed E-state index contributed by atoms with van der Waals surface area (Å²) >= 11 is 6.16. The van der Waals surface area contributed by atoms with Gasteiger partial charge in [-0.1, -0.05) is 11.6 Å². The van der Waals surface area contributed by atoms with E-state index in [0.29, 0.717) is 35.8 Å². The van der Waals surface area contributed by atoms with Gasteiger partial charge in [0.05, 0.1) is 24.8 Å². The molecule has 1 aliphatic rings. The van der Waals surface area contributed by atoms with Crippen LogP contribution in [-0.2, 0) is 9.53 Å². The Bertz CT molecular complexity index is 515. The molecule has 2 rings (SSSR count). The standard InChI is InChI=1S/C14H17ClO5/c1-3-18-14(17)12(16)11-8(2)13-10(7-9(11)15)19-5-4-6-20-13/h7,12,16H,3-6H2,1-2H3. The minimum absolute atomic E-state index is 0.192. The van der Waals surface area contributed by atoms with E-state index in [-0.39, 0.29) is 11.6 Å². The van der Waals surface area contributed by atoms with Gasteiger partial charge in [-0.3, -0.25) is 0 Å². The van der Waals surface area contributed by atoms with Crippen LogP contribution in [0, 0.1) is 6.92 Å². The van der Waals surface area contributed by atoms with Crippen molar-refractivity contribution in [3.63, 3.8) is 0 Å². The van der Waals surface area contributed by atoms with Crippen molar-refractivity contribution in [2.75, 3.05) is 19.8 Å². The Kier molecular flexibility index (Phi) is 4.73. The highest BCUT2D eigenvalue weighted by Gasteiger charge is 2.28. The van der Waals surface area contributed by atoms with Gasteiger partial charge >= 0.3 is 5.97 Å². The first-order valence-corrected chi connectivity index (χ1v) is 6.87. The molecule has 0 fully saturated rings. The van der Waals surface area contributed by atoms with Crippen LogP contribution in [0.4, 0.5) is 0 Å². The highest BCUT2D eigenvalue weighted by atomic mass is 35.5. The van der Waals surface area contributed by atoms with Crippen LogP contribution < -0.4 is 9.47 Å². The van der Waals surface area contributed by atoms with E-state index in [0.717, 1.165) is 6.42 Å². The summed E-state index contributed by atoms with van der Waals surface area (Å²) in [5, 5.41) is 10.4. The lowest BCUT2D eigenvalue weighted by atomic mass is 10.0. The lowest BCUT2D eigenvalue weighted by Gasteiger charge is -2.18. The minimum Gasteiger partial charge on any atom is -0.489 e. The molecule has 1 unspecified atom stereocenters. The summed E-state index contributed by atoms with van der Waals surface area (Å²) in [4.78, 5) is 11.7. The number of ether oxygens (including phenoxy) is 3. The molecule has 0 saturated heterocycles. The van der Waals surface area contributed by atoms with Gasteiger partial charge < -0.3 is 19.3 Å². The fourth-order valence-corrected chi connectivity index (χ4v) is 2.47. The molecule has 0 spiro atoms. The van der Waals surface area contributed by atoms with E-state index in [1.165, 1.54) is 0 Å². The number of esters is 1. The number of fused-ring (bicyclic) bond motifs is 1. The second-order valence-electron chi connectivity index (χ2n) is 4.43. The lowest BCUT2D eigenvalue weighted by Crippen LogP contribution is -2.17. The summed E-state index contributed by atoms with van der Waals surface area (Å²) in [5.74, 6) is 0.321. The minimum atomic E-state index is -1.43. The smallest absolute Gasteiger partial charge is 0.339 e. The summed E-state index contributed by atoms with van der Waals surface area (Å²) in [6.45, 7) is 4.66. The number of carbonyl (C=O) groups is 1. The number of benzene rings is 1. The van der Waals surface area contributed by atoms with Crippen molar-refractivity contribution in [1.82, 2.24) is 0 Å². The number of aliphatic hydroxyl groups excluding tert-OH is 1. The molecular weight excluding hydrogens is 284 g/mol. The van der Waals surface area contributed by atoms with E-state index < -0.39 is 12.1 Å². The Morgan fingerprint density at radius 2 is 2.20 bits per heavy atom. The molecule has 0 radical (unpaired) electrons. The van der Waals surface area contributed by atoms with Gasteiger partial charge in [0.25, 0.3) is 0 Å². The molecule has 110 valence electrons. The predicted octanol–water partition coefficient (Wildman–Crippen LogP) is 2.41. The van der Waals surface area contributed by atoms with E-state index in [1.54, 1.807) is 19.9 Å². The summed E-state index contributed by atoms with van der Waals surface area (Å²) in [7, 11) is 0. The molecule has 1 atom stereocenters. The van der Waals surface area contributed by atoms with Crippen molar-refractivity contribution in [3.8, 4) is 11.5 Å². The van der Waals surface area contributed by atoms with Gasteiger partial charge in [-0.25, -0.2) is 4.79 Å². The molecule has 0 aliphatic carbocycles. The Balaban J connectivity index is 2.43. The Labute approximate surface area is 122 Å². The zero-order valence-electron chi connectivity index (χ0n) is 11.4. The molecule has 20 heavy (non-hydrogen) atoms. The molecule has 1 aromatic carbocycles. The third-order valence-corrected chi connectivity index (χ3v) is 3.37. The molecule has 1 N–H and O–H groups in total. The van der Waals surface area contributed by atoms with Crippen LogP contribution in [0.5, 0.6) is 11.5 Å². The van der Waals surface area contributed by atoms with Gasteiger partial charge in [-0.15, -0.1) is 0 Å². The van der Waals surface area contributed by atoms with Crippen molar-refractivity contribution in [2.24, 2.45) is 0 Å². The van der Waals surface area contributed by atoms with E-state index in [2.05, 4.69) is 0 Å². The second kappa shape index (κ2) is 6.33. The monoisotopic (exact) mass is 300 g/mol. The second-order valence-corrected chi connectivity index (χ2v) is 4.84. The third kappa shape index (κ3) is 2.83. The molecule has 0 bridgehead atoms. The summed E-state index contributed by atoms with van der Waals surface area (Å²) in [6, 6.07) is 1.56. The first-order chi connectivity index (χ1) is 9.56. The van der Waals surface area contributed by atoms with Gasteiger partial charge in [-0.2, -0.15) is 0 Å². The van der Waals surface area contributed by atoms with Gasteiger partial charge in [0.2, 0.25) is 0 Å². The average molecular weight is 301 g/mol. The molecule has 1 heterocycles. The zero-order valence-corrected chi connectivity index (χ0v) is 12.2. The summed E-state index contributed by atoms with van der Waals surface area (Å²) < 4.78 is 16.0. The molecule has 1 aromatic rings. The highest BCUT2D eigenvalue weighted by Crippen LogP contribution is 2.41. The number of hydrogen-bond acceptors (Lipinski definition) is 5. The normalized spacial score (nSPS) is 15.4. The number of hydrogen-bond donors (Lipinski definition) is 1. The Morgan fingerprint density at radius 1 is 1.50 bits per heavy atom. The van der Waals surface area contributed by atoms with E-state index in [9.17, 15) is 9.90 Å². The van der Waals surface area contributed by atoms with Crippen molar-refractivity contribution < 1.29 is 24.1 Å². The molecular formula is C14H17ClO5. The molecule has 0 aromatic heterocycles. The van der Waals surface area contributed by atoms with Gasteiger partial charge in [0, 0.05) is 23.6 Å². The number of rotatable bonds is 3. The average Bonchev–Trinajstić information content (AvgIpc) is 2.64. The fourth-order valence-electron chi connectivity index (χ4n) is 2.12. The van der Waals surface area contributed by atoms with Crippen LogP contribution in [0.1, 0.15) is 30.6 Å². The lowest BCUT2D eigenvalue weighted by molar-refractivity contribution is -0.153. The third-order valence-electron chi connectivity index (χ3n) is 3.06. The number of carbonyl (C=O) groups excluding carboxylic acids is 1. The molecule has 0 saturated carbocycles. The van der Waals surface area contributed by atoms with Crippen molar-refractivity contribution >= 4 is 17.6 Å². The van der Waals surface area contributed by atoms with Crippen molar-refractivity contribution in [3.05, 3.63) is 22.2 Å². The summed E-state index contributed by atoms with van der Waals surface area (Å²) in [6.07, 6.45) is -0.666. The van der Waals surface area contributed by atoms with Crippen LogP contribution in [-0.4, -0.2) is 30.9 Å². The van der Waals surface area contributed by atoms with Crippen molar-refractivity contribution in [1.29, 1.82) is 0 Å². The van der Waals surface area contributed by atoms with Crippen molar-refractivity contribution in [2.45, 2.75) is 26.4 Å².